The molecule has 0 aliphatic rings. The summed E-state index contributed by atoms with van der Waals surface area (Å²) in [6, 6.07) is 5.11. The van der Waals surface area contributed by atoms with Crippen LogP contribution in [0.15, 0.2) is 47.7 Å². The first kappa shape index (κ1) is 16.7. The lowest BCUT2D eigenvalue weighted by molar-refractivity contribution is -0.113. The number of aromatic amines is 1. The van der Waals surface area contributed by atoms with Gasteiger partial charge >= 0.3 is 0 Å². The minimum absolute atomic E-state index is 0.176. The number of aromatic nitrogens is 3. The zero-order valence-corrected chi connectivity index (χ0v) is 13.6. The molecule has 25 heavy (non-hydrogen) atoms. The number of hydrogen-bond acceptors (Lipinski definition) is 4. The molecule has 4 N–H and O–H groups in total. The van der Waals surface area contributed by atoms with Crippen LogP contribution in [0.25, 0.3) is 28.2 Å². The Morgan fingerprint density at radius 2 is 2.24 bits per heavy atom. The maximum Gasteiger partial charge on any atom is 0.250 e. The molecule has 0 bridgehead atoms. The predicted octanol–water partition coefficient (Wildman–Crippen LogP) is 1.27. The van der Waals surface area contributed by atoms with E-state index in [1.807, 2.05) is 6.07 Å². The molecule has 0 spiro atoms. The third-order valence-corrected chi connectivity index (χ3v) is 3.77. The van der Waals surface area contributed by atoms with Gasteiger partial charge in [-0.25, -0.2) is 4.98 Å². The highest BCUT2D eigenvalue weighted by molar-refractivity contribution is 5.95. The van der Waals surface area contributed by atoms with Gasteiger partial charge in [0.1, 0.15) is 5.65 Å². The van der Waals surface area contributed by atoms with E-state index in [1.54, 1.807) is 37.7 Å². The van der Waals surface area contributed by atoms with Gasteiger partial charge in [-0.15, -0.1) is 0 Å². The fraction of sp³-hybridized carbons (Fsp3) is 0.167. The number of aliphatic hydroxyl groups is 1. The number of H-pyrrole nitrogens is 1. The van der Waals surface area contributed by atoms with Crippen molar-refractivity contribution in [3.63, 3.8) is 0 Å². The van der Waals surface area contributed by atoms with Crippen molar-refractivity contribution < 1.29 is 9.90 Å². The third kappa shape index (κ3) is 3.67. The molecule has 7 nitrogen and oxygen atoms in total. The highest BCUT2D eigenvalue weighted by Crippen LogP contribution is 2.24. The van der Waals surface area contributed by atoms with Gasteiger partial charge in [-0.3, -0.25) is 9.59 Å². The molecule has 0 fully saturated rings. The first-order chi connectivity index (χ1) is 11.9. The summed E-state index contributed by atoms with van der Waals surface area (Å²) in [6.45, 7) is 1.85. The van der Waals surface area contributed by atoms with E-state index < -0.39 is 12.0 Å². The summed E-state index contributed by atoms with van der Waals surface area (Å²) in [4.78, 5) is 30.2. The van der Waals surface area contributed by atoms with Crippen LogP contribution in [0, 0.1) is 0 Å². The Balaban J connectivity index is 2.05. The van der Waals surface area contributed by atoms with Crippen molar-refractivity contribution in [2.45, 2.75) is 19.6 Å². The summed E-state index contributed by atoms with van der Waals surface area (Å²) in [5.41, 5.74) is 8.07. The van der Waals surface area contributed by atoms with Crippen LogP contribution in [0.1, 0.15) is 12.5 Å². The molecule has 3 heterocycles. The molecule has 0 saturated heterocycles. The van der Waals surface area contributed by atoms with Crippen LogP contribution in [0.4, 0.5) is 0 Å². The number of rotatable bonds is 5. The van der Waals surface area contributed by atoms with Gasteiger partial charge in [-0.1, -0.05) is 0 Å². The van der Waals surface area contributed by atoms with Crippen molar-refractivity contribution in [1.82, 2.24) is 14.5 Å². The third-order valence-electron chi connectivity index (χ3n) is 3.77. The maximum absolute atomic E-state index is 11.9. The second-order valence-electron chi connectivity index (χ2n) is 5.86. The Bertz CT molecular complexity index is 1010. The molecule has 1 amide bonds. The minimum atomic E-state index is -0.622. The monoisotopic (exact) mass is 338 g/mol. The molecule has 0 radical (unpaired) electrons. The van der Waals surface area contributed by atoms with E-state index in [0.29, 0.717) is 5.65 Å². The largest absolute Gasteiger partial charge is 0.392 e. The van der Waals surface area contributed by atoms with Gasteiger partial charge < -0.3 is 20.4 Å². The molecule has 1 atom stereocenters. The fourth-order valence-electron chi connectivity index (χ4n) is 2.62. The first-order valence-electron chi connectivity index (χ1n) is 7.77. The van der Waals surface area contributed by atoms with Crippen LogP contribution < -0.4 is 11.3 Å². The summed E-state index contributed by atoms with van der Waals surface area (Å²) in [5.74, 6) is -0.524. The van der Waals surface area contributed by atoms with Crippen molar-refractivity contribution in [2.75, 3.05) is 0 Å². The van der Waals surface area contributed by atoms with Gasteiger partial charge in [0.2, 0.25) is 5.91 Å². The lowest BCUT2D eigenvalue weighted by Gasteiger charge is -2.10. The topological polar surface area (TPSA) is 114 Å². The number of aliphatic hydroxyl groups excluding tert-OH is 1. The number of nitrogens with zero attached hydrogens (tertiary/aromatic N) is 2. The normalized spacial score (nSPS) is 12.7. The lowest BCUT2D eigenvalue weighted by atomic mass is 10.1. The molecule has 0 aromatic carbocycles. The van der Waals surface area contributed by atoms with Crippen molar-refractivity contribution in [3.8, 4) is 11.1 Å². The van der Waals surface area contributed by atoms with Crippen molar-refractivity contribution >= 4 is 23.0 Å². The highest BCUT2D eigenvalue weighted by Gasteiger charge is 2.08. The van der Waals surface area contributed by atoms with Gasteiger partial charge in [0.15, 0.2) is 0 Å². The number of fused-ring (bicyclic) bond motifs is 1. The molecule has 0 aliphatic heterocycles. The van der Waals surface area contributed by atoms with E-state index in [1.165, 1.54) is 16.7 Å². The van der Waals surface area contributed by atoms with Gasteiger partial charge in [0.05, 0.1) is 12.6 Å². The Morgan fingerprint density at radius 3 is 2.96 bits per heavy atom. The molecule has 0 unspecified atom stereocenters. The molecular formula is C18H18N4O3. The molecular weight excluding hydrogens is 320 g/mol. The standard InChI is InChI=1S/C18H18N4O3/c1-11(23)9-22-10-13(3-5-17(22)25)14-6-15-12(2-4-16(19)24)7-20-18(15)21-8-14/h2-8,10-11,23H,9H2,1H3,(H2,19,24)(H,20,21)/t11-/m1/s1. The highest BCUT2D eigenvalue weighted by atomic mass is 16.3. The molecule has 3 aromatic heterocycles. The Hall–Kier alpha value is -3.19. The van der Waals surface area contributed by atoms with Gasteiger partial charge in [0, 0.05) is 47.2 Å². The van der Waals surface area contributed by atoms with Crippen LogP contribution in [-0.4, -0.2) is 31.7 Å². The van der Waals surface area contributed by atoms with E-state index in [0.717, 1.165) is 22.1 Å². The summed E-state index contributed by atoms with van der Waals surface area (Å²) >= 11 is 0. The fourth-order valence-corrected chi connectivity index (χ4v) is 2.62. The number of nitrogens with two attached hydrogens (primary N) is 1. The van der Waals surface area contributed by atoms with Crippen molar-refractivity contribution in [2.24, 2.45) is 5.73 Å². The van der Waals surface area contributed by atoms with Crippen LogP contribution in [-0.2, 0) is 11.3 Å². The smallest absolute Gasteiger partial charge is 0.250 e. The van der Waals surface area contributed by atoms with Crippen LogP contribution in [0.3, 0.4) is 0 Å². The van der Waals surface area contributed by atoms with E-state index >= 15 is 0 Å². The maximum atomic E-state index is 11.9. The number of primary amides is 1. The molecule has 128 valence electrons. The average Bonchev–Trinajstić information content (AvgIpc) is 2.97. The first-order valence-corrected chi connectivity index (χ1v) is 7.77. The summed E-state index contributed by atoms with van der Waals surface area (Å²) in [5, 5.41) is 10.4. The Labute approximate surface area is 143 Å². The number of pyridine rings is 2. The second kappa shape index (κ2) is 6.74. The quantitative estimate of drug-likeness (QED) is 0.608. The molecule has 3 rings (SSSR count). The van der Waals surface area contributed by atoms with Crippen molar-refractivity contribution in [1.29, 1.82) is 0 Å². The van der Waals surface area contributed by atoms with E-state index in [4.69, 9.17) is 5.73 Å². The molecule has 7 heteroatoms. The van der Waals surface area contributed by atoms with Gasteiger partial charge in [-0.05, 0) is 30.7 Å². The summed E-state index contributed by atoms with van der Waals surface area (Å²) in [6.07, 6.45) is 7.44. The second-order valence-corrected chi connectivity index (χ2v) is 5.86. The van der Waals surface area contributed by atoms with Gasteiger partial charge in [-0.2, -0.15) is 0 Å². The van der Waals surface area contributed by atoms with Crippen LogP contribution in [0.5, 0.6) is 0 Å². The van der Waals surface area contributed by atoms with Crippen LogP contribution >= 0.6 is 0 Å². The SMILES string of the molecule is C[C@@H](O)Cn1cc(-c2cnc3[nH]cc(C=CC(N)=O)c3c2)ccc1=O. The van der Waals surface area contributed by atoms with E-state index in [2.05, 4.69) is 9.97 Å². The molecule has 0 aliphatic carbocycles. The lowest BCUT2D eigenvalue weighted by Crippen LogP contribution is -2.24. The number of carbonyl (C=O) groups is 1. The predicted molar refractivity (Wildman–Crippen MR) is 95.7 cm³/mol. The summed E-state index contributed by atoms with van der Waals surface area (Å²) in [7, 11) is 0. The summed E-state index contributed by atoms with van der Waals surface area (Å²) < 4.78 is 1.47. The van der Waals surface area contributed by atoms with E-state index in [-0.39, 0.29) is 12.1 Å². The van der Waals surface area contributed by atoms with Crippen LogP contribution in [0.2, 0.25) is 0 Å². The van der Waals surface area contributed by atoms with E-state index in [9.17, 15) is 14.7 Å². The number of hydrogen-bond donors (Lipinski definition) is 3. The Morgan fingerprint density at radius 1 is 1.44 bits per heavy atom. The molecule has 0 saturated carbocycles. The number of nitrogens with one attached hydrogen (secondary N) is 1. The number of amides is 1. The number of carbonyl (C=O) groups excluding carboxylic acids is 1. The zero-order chi connectivity index (χ0) is 18.0. The Kier molecular flexibility index (Phi) is 4.49. The van der Waals surface area contributed by atoms with Gasteiger partial charge in [0.25, 0.3) is 5.56 Å². The zero-order valence-electron chi connectivity index (χ0n) is 13.6. The average molecular weight is 338 g/mol. The van der Waals surface area contributed by atoms with Crippen molar-refractivity contribution in [3.05, 3.63) is 58.8 Å². The molecule has 3 aromatic rings. The minimum Gasteiger partial charge on any atom is -0.392 e.